The third-order valence-electron chi connectivity index (χ3n) is 3.17. The van der Waals surface area contributed by atoms with Gasteiger partial charge in [0, 0.05) is 32.0 Å². The number of nitrogens with zero attached hydrogens (tertiary/aromatic N) is 1. The maximum absolute atomic E-state index is 13.8. The van der Waals surface area contributed by atoms with Gasteiger partial charge in [0.25, 0.3) is 0 Å². The summed E-state index contributed by atoms with van der Waals surface area (Å²) >= 11 is 0. The lowest BCUT2D eigenvalue weighted by Gasteiger charge is -2.27. The van der Waals surface area contributed by atoms with E-state index in [1.165, 1.54) is 0 Å². The molecule has 2 rings (SSSR count). The van der Waals surface area contributed by atoms with Gasteiger partial charge in [-0.2, -0.15) is 4.39 Å². The van der Waals surface area contributed by atoms with Crippen LogP contribution >= 0.6 is 0 Å². The summed E-state index contributed by atoms with van der Waals surface area (Å²) in [5, 5.41) is 0. The molecule has 0 spiro atoms. The average Bonchev–Trinajstić information content (AvgIpc) is 2.22. The summed E-state index contributed by atoms with van der Waals surface area (Å²) in [6, 6.07) is 0. The van der Waals surface area contributed by atoms with Crippen molar-refractivity contribution in [3.05, 3.63) is 23.7 Å². The SMILES string of the molecule is CN1CC=CC(C2CCCC(=O)C2)=C1F. The van der Waals surface area contributed by atoms with Gasteiger partial charge < -0.3 is 4.90 Å². The molecule has 1 fully saturated rings. The van der Waals surface area contributed by atoms with Crippen LogP contribution in [0.2, 0.25) is 0 Å². The van der Waals surface area contributed by atoms with E-state index in [2.05, 4.69) is 0 Å². The summed E-state index contributed by atoms with van der Waals surface area (Å²) in [7, 11) is 1.74. The predicted molar refractivity (Wildman–Crippen MR) is 56.9 cm³/mol. The second kappa shape index (κ2) is 4.17. The fraction of sp³-hybridized carbons (Fsp3) is 0.583. The fourth-order valence-electron chi connectivity index (χ4n) is 2.30. The summed E-state index contributed by atoms with van der Waals surface area (Å²) < 4.78 is 13.8. The summed E-state index contributed by atoms with van der Waals surface area (Å²) in [4.78, 5) is 12.9. The number of carbonyl (C=O) groups is 1. The van der Waals surface area contributed by atoms with Gasteiger partial charge in [-0.1, -0.05) is 12.2 Å². The van der Waals surface area contributed by atoms with E-state index in [0.29, 0.717) is 19.4 Å². The van der Waals surface area contributed by atoms with Crippen molar-refractivity contribution in [3.63, 3.8) is 0 Å². The number of carbonyl (C=O) groups excluding carboxylic acids is 1. The zero-order valence-corrected chi connectivity index (χ0v) is 9.00. The van der Waals surface area contributed by atoms with E-state index >= 15 is 0 Å². The molecule has 0 saturated heterocycles. The van der Waals surface area contributed by atoms with Crippen molar-refractivity contribution in [2.75, 3.05) is 13.6 Å². The number of halogens is 1. The quantitative estimate of drug-likeness (QED) is 0.618. The molecule has 1 aliphatic heterocycles. The first-order chi connectivity index (χ1) is 7.18. The molecule has 1 heterocycles. The molecule has 0 aromatic carbocycles. The summed E-state index contributed by atoms with van der Waals surface area (Å²) in [6.45, 7) is 0.621. The molecular formula is C12H16FNO. The number of hydrogen-bond donors (Lipinski definition) is 0. The molecule has 1 unspecified atom stereocenters. The Balaban J connectivity index is 2.18. The molecule has 0 bridgehead atoms. The van der Waals surface area contributed by atoms with Crippen molar-refractivity contribution >= 4 is 5.78 Å². The van der Waals surface area contributed by atoms with Crippen LogP contribution in [0.25, 0.3) is 0 Å². The third-order valence-corrected chi connectivity index (χ3v) is 3.17. The Bertz CT molecular complexity index is 333. The highest BCUT2D eigenvalue weighted by atomic mass is 19.1. The first kappa shape index (κ1) is 10.4. The van der Waals surface area contributed by atoms with E-state index in [1.54, 1.807) is 11.9 Å². The Morgan fingerprint density at radius 3 is 3.07 bits per heavy atom. The molecule has 0 aromatic heterocycles. The minimum Gasteiger partial charge on any atom is -0.348 e. The minimum absolute atomic E-state index is 0.102. The van der Waals surface area contributed by atoms with E-state index in [4.69, 9.17) is 0 Å². The van der Waals surface area contributed by atoms with Gasteiger partial charge in [0.05, 0.1) is 0 Å². The maximum atomic E-state index is 13.8. The lowest BCUT2D eigenvalue weighted by Crippen LogP contribution is -2.24. The Kier molecular flexibility index (Phi) is 2.89. The van der Waals surface area contributed by atoms with Gasteiger partial charge in [0.2, 0.25) is 0 Å². The predicted octanol–water partition coefficient (Wildman–Crippen LogP) is 2.43. The summed E-state index contributed by atoms with van der Waals surface area (Å²) in [5.74, 6) is 0.218. The molecule has 1 aliphatic carbocycles. The van der Waals surface area contributed by atoms with Crippen molar-refractivity contribution < 1.29 is 9.18 Å². The van der Waals surface area contributed by atoms with E-state index < -0.39 is 0 Å². The molecule has 0 amide bonds. The zero-order valence-electron chi connectivity index (χ0n) is 9.00. The fourth-order valence-corrected chi connectivity index (χ4v) is 2.30. The van der Waals surface area contributed by atoms with Gasteiger partial charge in [-0.25, -0.2) is 0 Å². The molecule has 2 nitrogen and oxygen atoms in total. The van der Waals surface area contributed by atoms with Gasteiger partial charge in [-0.3, -0.25) is 4.79 Å². The zero-order chi connectivity index (χ0) is 10.8. The van der Waals surface area contributed by atoms with Gasteiger partial charge in [0.15, 0.2) is 5.95 Å². The number of likely N-dealkylation sites (N-methyl/N-ethyl adjacent to an activating group) is 1. The van der Waals surface area contributed by atoms with E-state index in [0.717, 1.165) is 18.4 Å². The molecule has 0 radical (unpaired) electrons. The highest BCUT2D eigenvalue weighted by Crippen LogP contribution is 2.33. The Hall–Kier alpha value is -1.12. The van der Waals surface area contributed by atoms with Crippen LogP contribution in [-0.4, -0.2) is 24.3 Å². The molecule has 82 valence electrons. The Morgan fingerprint density at radius 1 is 1.53 bits per heavy atom. The van der Waals surface area contributed by atoms with Gasteiger partial charge in [-0.15, -0.1) is 0 Å². The van der Waals surface area contributed by atoms with Crippen molar-refractivity contribution in [2.45, 2.75) is 25.7 Å². The number of rotatable bonds is 1. The molecule has 1 atom stereocenters. The number of hydrogen-bond acceptors (Lipinski definition) is 2. The average molecular weight is 209 g/mol. The monoisotopic (exact) mass is 209 g/mol. The van der Waals surface area contributed by atoms with E-state index in [1.807, 2.05) is 12.2 Å². The second-order valence-electron chi connectivity index (χ2n) is 4.36. The highest BCUT2D eigenvalue weighted by molar-refractivity contribution is 5.79. The maximum Gasteiger partial charge on any atom is 0.193 e. The first-order valence-electron chi connectivity index (χ1n) is 5.47. The largest absolute Gasteiger partial charge is 0.348 e. The minimum atomic E-state index is -0.155. The Morgan fingerprint density at radius 2 is 2.33 bits per heavy atom. The molecule has 0 N–H and O–H groups in total. The smallest absolute Gasteiger partial charge is 0.193 e. The van der Waals surface area contributed by atoms with Crippen molar-refractivity contribution in [3.8, 4) is 0 Å². The molecular weight excluding hydrogens is 193 g/mol. The summed E-state index contributed by atoms with van der Waals surface area (Å²) in [5.41, 5.74) is 0.719. The van der Waals surface area contributed by atoms with E-state index in [9.17, 15) is 9.18 Å². The lowest BCUT2D eigenvalue weighted by atomic mass is 9.82. The molecule has 2 aliphatic rings. The number of Topliss-reactive ketones (excluding diaryl/α,β-unsaturated/α-hetero) is 1. The van der Waals surface area contributed by atoms with Crippen LogP contribution < -0.4 is 0 Å². The normalized spacial score (nSPS) is 27.5. The molecule has 1 saturated carbocycles. The molecule has 0 aromatic rings. The van der Waals surface area contributed by atoms with Crippen molar-refractivity contribution in [1.29, 1.82) is 0 Å². The van der Waals surface area contributed by atoms with Gasteiger partial charge >= 0.3 is 0 Å². The standard InChI is InChI=1S/C12H16FNO/c1-14-7-3-6-11(12(14)13)9-4-2-5-10(15)8-9/h3,6,9H,2,4-5,7-8H2,1H3. The second-order valence-corrected chi connectivity index (χ2v) is 4.36. The third kappa shape index (κ3) is 2.11. The van der Waals surface area contributed by atoms with Crippen molar-refractivity contribution in [2.24, 2.45) is 5.92 Å². The molecule has 15 heavy (non-hydrogen) atoms. The van der Waals surface area contributed by atoms with Crippen LogP contribution in [0.3, 0.4) is 0 Å². The van der Waals surface area contributed by atoms with Crippen LogP contribution in [-0.2, 0) is 4.79 Å². The number of allylic oxidation sites excluding steroid dienone is 2. The van der Waals surface area contributed by atoms with Crippen LogP contribution in [0.5, 0.6) is 0 Å². The summed E-state index contributed by atoms with van der Waals surface area (Å²) in [6.07, 6.45) is 6.83. The first-order valence-corrected chi connectivity index (χ1v) is 5.47. The van der Waals surface area contributed by atoms with Crippen molar-refractivity contribution in [1.82, 2.24) is 4.90 Å². The highest BCUT2D eigenvalue weighted by Gasteiger charge is 2.26. The van der Waals surface area contributed by atoms with E-state index in [-0.39, 0.29) is 17.7 Å². The van der Waals surface area contributed by atoms with Crippen LogP contribution in [0, 0.1) is 5.92 Å². The van der Waals surface area contributed by atoms with Crippen LogP contribution in [0.1, 0.15) is 25.7 Å². The topological polar surface area (TPSA) is 20.3 Å². The van der Waals surface area contributed by atoms with Gasteiger partial charge in [-0.05, 0) is 18.8 Å². The molecule has 3 heteroatoms. The van der Waals surface area contributed by atoms with Crippen LogP contribution in [0.4, 0.5) is 4.39 Å². The van der Waals surface area contributed by atoms with Gasteiger partial charge in [0.1, 0.15) is 5.78 Å². The lowest BCUT2D eigenvalue weighted by molar-refractivity contribution is -0.121. The Labute approximate surface area is 89.4 Å². The number of ketones is 1. The van der Waals surface area contributed by atoms with Crippen LogP contribution in [0.15, 0.2) is 23.7 Å².